The second-order valence-electron chi connectivity index (χ2n) is 5.56. The van der Waals surface area contributed by atoms with Gasteiger partial charge in [0.2, 0.25) is 5.91 Å². The summed E-state index contributed by atoms with van der Waals surface area (Å²) < 4.78 is 0.720. The molecule has 2 unspecified atom stereocenters. The molecule has 2 aromatic rings. The van der Waals surface area contributed by atoms with E-state index in [2.05, 4.69) is 34.9 Å². The molecule has 2 N–H and O–H groups in total. The van der Waals surface area contributed by atoms with Crippen molar-refractivity contribution in [1.82, 2.24) is 10.6 Å². The van der Waals surface area contributed by atoms with Gasteiger partial charge in [0.25, 0.3) is 0 Å². The normalized spacial score (nSPS) is 17.7. The zero-order valence-electron chi connectivity index (χ0n) is 12.8. The van der Waals surface area contributed by atoms with E-state index < -0.39 is 0 Å². The minimum Gasteiger partial charge on any atom is -0.354 e. The maximum Gasteiger partial charge on any atom is 0.228 e. The third-order valence-corrected chi connectivity index (χ3v) is 5.52. The molecule has 1 amide bonds. The average Bonchev–Trinajstić information content (AvgIpc) is 2.98. The van der Waals surface area contributed by atoms with E-state index in [1.54, 1.807) is 0 Å². The van der Waals surface area contributed by atoms with Crippen molar-refractivity contribution in [2.45, 2.75) is 25.3 Å². The van der Waals surface area contributed by atoms with Crippen LogP contribution >= 0.6 is 35.3 Å². The lowest BCUT2D eigenvalue weighted by Crippen LogP contribution is -2.39. The highest BCUT2D eigenvalue weighted by Gasteiger charge is 2.22. The number of carbonyl (C=O) groups is 1. The van der Waals surface area contributed by atoms with E-state index >= 15 is 0 Å². The highest BCUT2D eigenvalue weighted by Crippen LogP contribution is 2.28. The molecule has 0 saturated carbocycles. The van der Waals surface area contributed by atoms with Crippen LogP contribution in [0.25, 0.3) is 0 Å². The van der Waals surface area contributed by atoms with Gasteiger partial charge in [-0.15, -0.1) is 23.7 Å². The number of thiophene rings is 1. The molecular formula is C17H20Cl2N2OS. The molecule has 3 rings (SSSR count). The third kappa shape index (κ3) is 4.27. The van der Waals surface area contributed by atoms with E-state index in [1.807, 2.05) is 19.1 Å². The van der Waals surface area contributed by atoms with E-state index in [9.17, 15) is 4.79 Å². The molecule has 1 aliphatic heterocycles. The van der Waals surface area contributed by atoms with Crippen LogP contribution in [0.3, 0.4) is 0 Å². The fraction of sp³-hybridized carbons (Fsp3) is 0.353. The van der Waals surface area contributed by atoms with Gasteiger partial charge in [-0.1, -0.05) is 35.9 Å². The first-order valence-electron chi connectivity index (χ1n) is 7.49. The van der Waals surface area contributed by atoms with Crippen molar-refractivity contribution < 1.29 is 4.79 Å². The molecule has 3 nitrogen and oxygen atoms in total. The van der Waals surface area contributed by atoms with E-state index in [0.717, 1.165) is 22.2 Å². The second kappa shape index (κ2) is 8.15. The summed E-state index contributed by atoms with van der Waals surface area (Å²) >= 11 is 7.40. The Morgan fingerprint density at radius 2 is 2.17 bits per heavy atom. The second-order valence-corrected chi connectivity index (χ2v) is 7.31. The highest BCUT2D eigenvalue weighted by molar-refractivity contribution is 7.16. The minimum atomic E-state index is -0.170. The van der Waals surface area contributed by atoms with Crippen molar-refractivity contribution in [1.29, 1.82) is 0 Å². The zero-order chi connectivity index (χ0) is 15.5. The van der Waals surface area contributed by atoms with E-state index in [0.29, 0.717) is 6.54 Å². The number of benzene rings is 1. The topological polar surface area (TPSA) is 41.1 Å². The Balaban J connectivity index is 0.00000192. The monoisotopic (exact) mass is 370 g/mol. The van der Waals surface area contributed by atoms with Gasteiger partial charge < -0.3 is 10.6 Å². The van der Waals surface area contributed by atoms with Crippen LogP contribution in [0.1, 0.15) is 34.9 Å². The van der Waals surface area contributed by atoms with Crippen molar-refractivity contribution >= 4 is 41.3 Å². The van der Waals surface area contributed by atoms with Crippen molar-refractivity contribution in [3.63, 3.8) is 0 Å². The SMILES string of the molecule is CC(C(=O)NCC1NCCc2ccccc21)c1ccc(Cl)s1.Cl. The lowest BCUT2D eigenvalue weighted by molar-refractivity contribution is -0.122. The van der Waals surface area contributed by atoms with Crippen LogP contribution < -0.4 is 10.6 Å². The van der Waals surface area contributed by atoms with Crippen LogP contribution in [0.4, 0.5) is 0 Å². The average molecular weight is 371 g/mol. The van der Waals surface area contributed by atoms with Crippen molar-refractivity contribution in [2.75, 3.05) is 13.1 Å². The fourth-order valence-corrected chi connectivity index (χ4v) is 3.93. The molecule has 0 radical (unpaired) electrons. The zero-order valence-corrected chi connectivity index (χ0v) is 15.2. The van der Waals surface area contributed by atoms with Gasteiger partial charge in [0.1, 0.15) is 0 Å². The molecule has 0 spiro atoms. The Labute approximate surface area is 151 Å². The molecule has 0 saturated heterocycles. The maximum atomic E-state index is 12.3. The summed E-state index contributed by atoms with van der Waals surface area (Å²) in [7, 11) is 0. The summed E-state index contributed by atoms with van der Waals surface area (Å²) in [6.07, 6.45) is 1.05. The summed E-state index contributed by atoms with van der Waals surface area (Å²) in [4.78, 5) is 13.3. The van der Waals surface area contributed by atoms with Crippen LogP contribution in [0, 0.1) is 0 Å². The van der Waals surface area contributed by atoms with Gasteiger partial charge in [-0.25, -0.2) is 0 Å². The van der Waals surface area contributed by atoms with Gasteiger partial charge in [0, 0.05) is 17.5 Å². The highest BCUT2D eigenvalue weighted by atomic mass is 35.5. The Kier molecular flexibility index (Phi) is 6.48. The number of halogens is 2. The number of amides is 1. The van der Waals surface area contributed by atoms with Gasteiger partial charge in [-0.3, -0.25) is 4.79 Å². The van der Waals surface area contributed by atoms with Crippen LogP contribution in [0.2, 0.25) is 4.34 Å². The Morgan fingerprint density at radius 3 is 2.91 bits per heavy atom. The number of nitrogens with one attached hydrogen (secondary N) is 2. The smallest absolute Gasteiger partial charge is 0.228 e. The van der Waals surface area contributed by atoms with Crippen LogP contribution in [-0.2, 0) is 11.2 Å². The standard InChI is InChI=1S/C17H19ClN2OS.ClH/c1-11(15-6-7-16(18)22-15)17(21)20-10-14-13-5-3-2-4-12(13)8-9-19-14;/h2-7,11,14,19H,8-10H2,1H3,(H,20,21);1H. The van der Waals surface area contributed by atoms with Crippen LogP contribution in [0.5, 0.6) is 0 Å². The van der Waals surface area contributed by atoms with Gasteiger partial charge in [0.05, 0.1) is 10.3 Å². The van der Waals surface area contributed by atoms with Gasteiger partial charge in [-0.05, 0) is 43.1 Å². The summed E-state index contributed by atoms with van der Waals surface area (Å²) in [6.45, 7) is 3.48. The fourth-order valence-electron chi connectivity index (χ4n) is 2.82. The Morgan fingerprint density at radius 1 is 1.39 bits per heavy atom. The summed E-state index contributed by atoms with van der Waals surface area (Å²) in [5, 5.41) is 6.54. The number of hydrogen-bond acceptors (Lipinski definition) is 3. The first kappa shape index (κ1) is 18.3. The van der Waals surface area contributed by atoms with Crippen LogP contribution in [-0.4, -0.2) is 19.0 Å². The molecule has 1 aromatic carbocycles. The molecule has 0 bridgehead atoms. The predicted octanol–water partition coefficient (Wildman–Crippen LogP) is 3.93. The predicted molar refractivity (Wildman–Crippen MR) is 98.9 cm³/mol. The number of fused-ring (bicyclic) bond motifs is 1. The summed E-state index contributed by atoms with van der Waals surface area (Å²) in [6, 6.07) is 12.4. The van der Waals surface area contributed by atoms with E-state index in [1.165, 1.54) is 22.5 Å². The summed E-state index contributed by atoms with van der Waals surface area (Å²) in [5.74, 6) is -0.125. The van der Waals surface area contributed by atoms with Gasteiger partial charge in [0.15, 0.2) is 0 Å². The van der Waals surface area contributed by atoms with Gasteiger partial charge >= 0.3 is 0 Å². The molecule has 2 atom stereocenters. The number of rotatable bonds is 4. The maximum absolute atomic E-state index is 12.3. The van der Waals surface area contributed by atoms with Crippen molar-refractivity contribution in [3.05, 3.63) is 56.7 Å². The first-order valence-corrected chi connectivity index (χ1v) is 8.68. The quantitative estimate of drug-likeness (QED) is 0.855. The van der Waals surface area contributed by atoms with Crippen LogP contribution in [0.15, 0.2) is 36.4 Å². The molecule has 23 heavy (non-hydrogen) atoms. The molecule has 1 aromatic heterocycles. The number of hydrogen-bond donors (Lipinski definition) is 2. The molecular weight excluding hydrogens is 351 g/mol. The van der Waals surface area contributed by atoms with E-state index in [-0.39, 0.29) is 30.3 Å². The first-order chi connectivity index (χ1) is 10.6. The largest absolute Gasteiger partial charge is 0.354 e. The summed E-state index contributed by atoms with van der Waals surface area (Å²) in [5.41, 5.74) is 2.67. The Bertz CT molecular complexity index is 674. The van der Waals surface area contributed by atoms with Crippen molar-refractivity contribution in [2.24, 2.45) is 0 Å². The molecule has 6 heteroatoms. The minimum absolute atomic E-state index is 0. The molecule has 124 valence electrons. The lowest BCUT2D eigenvalue weighted by Gasteiger charge is -2.27. The molecule has 1 aliphatic rings. The molecule has 2 heterocycles. The molecule has 0 fully saturated rings. The lowest BCUT2D eigenvalue weighted by atomic mass is 9.94. The third-order valence-electron chi connectivity index (χ3n) is 4.11. The number of carbonyl (C=O) groups excluding carboxylic acids is 1. The van der Waals surface area contributed by atoms with Gasteiger partial charge in [-0.2, -0.15) is 0 Å². The molecule has 0 aliphatic carbocycles. The van der Waals surface area contributed by atoms with E-state index in [4.69, 9.17) is 11.6 Å². The Hall–Kier alpha value is -1.07. The van der Waals surface area contributed by atoms with Crippen molar-refractivity contribution in [3.8, 4) is 0 Å².